The number of carbonyl (C=O) groups excluding carboxylic acids is 3. The number of urea groups is 1. The average molecular weight is 282 g/mol. The fourth-order valence-electron chi connectivity index (χ4n) is 1.34. The number of primary amides is 1. The molecule has 108 valence electrons. The van der Waals surface area contributed by atoms with E-state index in [0.29, 0.717) is 5.69 Å². The summed E-state index contributed by atoms with van der Waals surface area (Å²) >= 11 is 0. The van der Waals surface area contributed by atoms with Crippen LogP contribution in [-0.2, 0) is 9.59 Å². The van der Waals surface area contributed by atoms with Gasteiger partial charge in [0.15, 0.2) is 0 Å². The number of hydrogen-bond acceptors (Lipinski definition) is 3. The van der Waals surface area contributed by atoms with Crippen LogP contribution < -0.4 is 16.4 Å². The van der Waals surface area contributed by atoms with E-state index in [1.807, 2.05) is 0 Å². The van der Waals surface area contributed by atoms with Crippen molar-refractivity contribution < 1.29 is 18.8 Å². The van der Waals surface area contributed by atoms with Gasteiger partial charge in [0, 0.05) is 12.7 Å². The third-order valence-electron chi connectivity index (χ3n) is 2.35. The van der Waals surface area contributed by atoms with Crippen LogP contribution in [-0.4, -0.2) is 42.9 Å². The zero-order valence-corrected chi connectivity index (χ0v) is 10.9. The van der Waals surface area contributed by atoms with Gasteiger partial charge in [0.1, 0.15) is 5.82 Å². The average Bonchev–Trinajstić information content (AvgIpc) is 2.38. The summed E-state index contributed by atoms with van der Waals surface area (Å²) in [5, 5.41) is 4.64. The summed E-state index contributed by atoms with van der Waals surface area (Å²) in [4.78, 5) is 34.7. The molecular weight excluding hydrogens is 267 g/mol. The molecule has 1 aromatic rings. The third-order valence-corrected chi connectivity index (χ3v) is 2.35. The topological polar surface area (TPSA) is 105 Å². The molecule has 1 rings (SSSR count). The Morgan fingerprint density at radius 1 is 1.25 bits per heavy atom. The van der Waals surface area contributed by atoms with Gasteiger partial charge in [-0.1, -0.05) is 0 Å². The van der Waals surface area contributed by atoms with Gasteiger partial charge < -0.3 is 21.3 Å². The molecule has 7 nitrogen and oxygen atoms in total. The molecule has 0 fully saturated rings. The molecule has 0 aliphatic heterocycles. The summed E-state index contributed by atoms with van der Waals surface area (Å²) in [6.07, 6.45) is 0. The molecule has 0 aliphatic rings. The number of nitrogens with zero attached hydrogens (tertiary/aromatic N) is 1. The van der Waals surface area contributed by atoms with E-state index in [4.69, 9.17) is 5.73 Å². The van der Waals surface area contributed by atoms with E-state index in [2.05, 4.69) is 10.6 Å². The Hall–Kier alpha value is -2.64. The van der Waals surface area contributed by atoms with E-state index in [-0.39, 0.29) is 13.1 Å². The van der Waals surface area contributed by atoms with E-state index >= 15 is 0 Å². The van der Waals surface area contributed by atoms with Crippen LogP contribution in [0.15, 0.2) is 24.3 Å². The summed E-state index contributed by atoms with van der Waals surface area (Å²) in [7, 11) is 1.41. The van der Waals surface area contributed by atoms with E-state index in [0.717, 1.165) is 4.90 Å². The third kappa shape index (κ3) is 5.34. The Morgan fingerprint density at radius 2 is 1.85 bits per heavy atom. The minimum absolute atomic E-state index is 0.198. The highest BCUT2D eigenvalue weighted by atomic mass is 19.1. The van der Waals surface area contributed by atoms with Crippen LogP contribution in [0.3, 0.4) is 0 Å². The van der Waals surface area contributed by atoms with Crippen LogP contribution >= 0.6 is 0 Å². The highest BCUT2D eigenvalue weighted by molar-refractivity contribution is 5.95. The zero-order chi connectivity index (χ0) is 15.1. The fraction of sp³-hybridized carbons (Fsp3) is 0.250. The van der Waals surface area contributed by atoms with Gasteiger partial charge in [-0.25, -0.2) is 9.18 Å². The first-order valence-electron chi connectivity index (χ1n) is 5.71. The van der Waals surface area contributed by atoms with Crippen LogP contribution in [0.1, 0.15) is 0 Å². The molecule has 8 heteroatoms. The lowest BCUT2D eigenvalue weighted by atomic mass is 10.3. The maximum absolute atomic E-state index is 12.7. The lowest BCUT2D eigenvalue weighted by Gasteiger charge is -2.16. The summed E-state index contributed by atoms with van der Waals surface area (Å²) < 4.78 is 12.7. The van der Waals surface area contributed by atoms with Gasteiger partial charge in [0.25, 0.3) is 0 Å². The second-order valence-electron chi connectivity index (χ2n) is 4.02. The van der Waals surface area contributed by atoms with Crippen LogP contribution in [0.2, 0.25) is 0 Å². The standard InChI is InChI=1S/C12H15FN4O3/c1-17(11(19)6-15-12(14)20)7-10(18)16-9-4-2-8(13)3-5-9/h2-5H,6-7H2,1H3,(H,16,18)(H3,14,15,20). The number of hydrogen-bond donors (Lipinski definition) is 3. The van der Waals surface area contributed by atoms with Gasteiger partial charge in [0.05, 0.1) is 13.1 Å². The number of carbonyl (C=O) groups is 3. The van der Waals surface area contributed by atoms with Crippen molar-refractivity contribution in [3.63, 3.8) is 0 Å². The summed E-state index contributed by atoms with van der Waals surface area (Å²) in [6.45, 7) is -0.480. The van der Waals surface area contributed by atoms with E-state index < -0.39 is 23.7 Å². The second kappa shape index (κ2) is 7.07. The number of anilines is 1. The first-order valence-corrected chi connectivity index (χ1v) is 5.71. The molecule has 4 amide bonds. The number of nitrogens with one attached hydrogen (secondary N) is 2. The Balaban J connectivity index is 2.43. The maximum atomic E-state index is 12.7. The minimum atomic E-state index is -0.817. The zero-order valence-electron chi connectivity index (χ0n) is 10.9. The first kappa shape index (κ1) is 15.4. The largest absolute Gasteiger partial charge is 0.352 e. The predicted octanol–water partition coefficient (Wildman–Crippen LogP) is -0.109. The van der Waals surface area contributed by atoms with Crippen LogP contribution in [0.4, 0.5) is 14.9 Å². The lowest BCUT2D eigenvalue weighted by molar-refractivity contribution is -0.132. The van der Waals surface area contributed by atoms with Crippen molar-refractivity contribution in [2.45, 2.75) is 0 Å². The number of halogens is 1. The normalized spacial score (nSPS) is 9.70. The Labute approximate surface area is 114 Å². The molecule has 0 spiro atoms. The Bertz CT molecular complexity index is 504. The second-order valence-corrected chi connectivity index (χ2v) is 4.02. The van der Waals surface area contributed by atoms with E-state index in [1.165, 1.54) is 31.3 Å². The molecule has 1 aromatic carbocycles. The summed E-state index contributed by atoms with van der Waals surface area (Å²) in [5.74, 6) is -1.31. The van der Waals surface area contributed by atoms with Crippen molar-refractivity contribution in [2.24, 2.45) is 5.73 Å². The summed E-state index contributed by atoms with van der Waals surface area (Å²) in [6, 6.07) is 4.41. The van der Waals surface area contributed by atoms with E-state index in [1.54, 1.807) is 0 Å². The van der Waals surface area contributed by atoms with Crippen LogP contribution in [0.5, 0.6) is 0 Å². The summed E-state index contributed by atoms with van der Waals surface area (Å²) in [5.41, 5.74) is 5.25. The lowest BCUT2D eigenvalue weighted by Crippen LogP contribution is -2.42. The molecule has 0 aliphatic carbocycles. The molecular formula is C12H15FN4O3. The van der Waals surface area contributed by atoms with Crippen molar-refractivity contribution in [3.8, 4) is 0 Å². The predicted molar refractivity (Wildman–Crippen MR) is 70.3 cm³/mol. The Morgan fingerprint density at radius 3 is 2.40 bits per heavy atom. The molecule has 0 saturated heterocycles. The van der Waals surface area contributed by atoms with Gasteiger partial charge in [-0.05, 0) is 24.3 Å². The van der Waals surface area contributed by atoms with Crippen LogP contribution in [0, 0.1) is 5.82 Å². The number of rotatable bonds is 5. The van der Waals surface area contributed by atoms with Gasteiger partial charge in [-0.3, -0.25) is 9.59 Å². The van der Waals surface area contributed by atoms with Crippen molar-refractivity contribution in [2.75, 3.05) is 25.5 Å². The molecule has 0 aromatic heterocycles. The van der Waals surface area contributed by atoms with Gasteiger partial charge in [-0.15, -0.1) is 0 Å². The maximum Gasteiger partial charge on any atom is 0.312 e. The number of benzene rings is 1. The Kier molecular flexibility index (Phi) is 5.45. The molecule has 0 saturated carbocycles. The minimum Gasteiger partial charge on any atom is -0.352 e. The molecule has 0 heterocycles. The van der Waals surface area contributed by atoms with Crippen molar-refractivity contribution in [1.29, 1.82) is 0 Å². The van der Waals surface area contributed by atoms with Crippen molar-refractivity contribution in [3.05, 3.63) is 30.1 Å². The highest BCUT2D eigenvalue weighted by Crippen LogP contribution is 2.07. The number of nitrogens with two attached hydrogens (primary N) is 1. The quantitative estimate of drug-likeness (QED) is 0.701. The number of likely N-dealkylation sites (N-methyl/N-ethyl adjacent to an activating group) is 1. The highest BCUT2D eigenvalue weighted by Gasteiger charge is 2.13. The molecule has 20 heavy (non-hydrogen) atoms. The number of amides is 4. The fourth-order valence-corrected chi connectivity index (χ4v) is 1.34. The van der Waals surface area contributed by atoms with Crippen LogP contribution in [0.25, 0.3) is 0 Å². The smallest absolute Gasteiger partial charge is 0.312 e. The molecule has 4 N–H and O–H groups in total. The molecule has 0 bridgehead atoms. The van der Waals surface area contributed by atoms with Crippen molar-refractivity contribution >= 4 is 23.5 Å². The SMILES string of the molecule is CN(CC(=O)Nc1ccc(F)cc1)C(=O)CNC(N)=O. The van der Waals surface area contributed by atoms with Gasteiger partial charge in [-0.2, -0.15) is 0 Å². The molecule has 0 unspecified atom stereocenters. The van der Waals surface area contributed by atoms with Crippen molar-refractivity contribution in [1.82, 2.24) is 10.2 Å². The van der Waals surface area contributed by atoms with Gasteiger partial charge in [0.2, 0.25) is 11.8 Å². The molecule has 0 radical (unpaired) electrons. The first-order chi connectivity index (χ1) is 9.38. The van der Waals surface area contributed by atoms with Gasteiger partial charge >= 0.3 is 6.03 Å². The van der Waals surface area contributed by atoms with E-state index in [9.17, 15) is 18.8 Å². The molecule has 0 atom stereocenters. The monoisotopic (exact) mass is 282 g/mol.